The minimum atomic E-state index is -3.67. The van der Waals surface area contributed by atoms with Crippen LogP contribution in [0, 0.1) is 10.5 Å². The van der Waals surface area contributed by atoms with Crippen LogP contribution in [0.4, 0.5) is 0 Å². The molecule has 0 saturated carbocycles. The van der Waals surface area contributed by atoms with Gasteiger partial charge in [0.1, 0.15) is 0 Å². The van der Waals surface area contributed by atoms with Crippen LogP contribution in [-0.2, 0) is 13.3 Å². The van der Waals surface area contributed by atoms with E-state index in [1.54, 1.807) is 0 Å². The van der Waals surface area contributed by atoms with Gasteiger partial charge in [-0.25, -0.2) is 10.3 Å². The molecule has 14 heavy (non-hydrogen) atoms. The summed E-state index contributed by atoms with van der Waals surface area (Å²) in [7, 11) is -3.67. The SMILES string of the molecule is Cc1ccc(I=O)cc1.NS(N)(=O)=O. The highest BCUT2D eigenvalue weighted by atomic mass is 127. The maximum Gasteiger partial charge on any atom is 0.271 e. The molecule has 0 bridgehead atoms. The first-order valence-electron chi connectivity index (χ1n) is 3.47. The smallest absolute Gasteiger partial charge is 0.265 e. The van der Waals surface area contributed by atoms with E-state index in [0.29, 0.717) is 0 Å². The van der Waals surface area contributed by atoms with Gasteiger partial charge in [0.2, 0.25) is 0 Å². The molecule has 1 aromatic carbocycles. The predicted molar refractivity (Wildman–Crippen MR) is 61.9 cm³/mol. The van der Waals surface area contributed by atoms with Gasteiger partial charge in [0.25, 0.3) is 10.2 Å². The van der Waals surface area contributed by atoms with E-state index in [2.05, 4.69) is 10.3 Å². The van der Waals surface area contributed by atoms with Gasteiger partial charge in [0.05, 0.1) is 0 Å². The van der Waals surface area contributed by atoms with Crippen molar-refractivity contribution in [2.45, 2.75) is 6.92 Å². The molecule has 0 aliphatic rings. The molecule has 0 aromatic heterocycles. The Labute approximate surface area is 93.3 Å². The Bertz CT molecular complexity index is 380. The fourth-order valence-electron chi connectivity index (χ4n) is 0.585. The fraction of sp³-hybridized carbons (Fsp3) is 0.143. The molecule has 5 nitrogen and oxygen atoms in total. The predicted octanol–water partition coefficient (Wildman–Crippen LogP) is 0.629. The third-order valence-electron chi connectivity index (χ3n) is 1.10. The number of hydrogen-bond donors (Lipinski definition) is 2. The average molecular weight is 330 g/mol. The van der Waals surface area contributed by atoms with E-state index in [1.807, 2.05) is 31.2 Å². The Kier molecular flexibility index (Phi) is 6.00. The van der Waals surface area contributed by atoms with Crippen LogP contribution < -0.4 is 10.3 Å². The van der Waals surface area contributed by atoms with Crippen LogP contribution in [0.25, 0.3) is 0 Å². The Balaban J connectivity index is 0.000000292. The molecule has 80 valence electrons. The van der Waals surface area contributed by atoms with Crippen LogP contribution in [0.1, 0.15) is 5.56 Å². The van der Waals surface area contributed by atoms with Gasteiger partial charge in [-0.05, 0) is 19.1 Å². The van der Waals surface area contributed by atoms with E-state index >= 15 is 0 Å². The molecule has 0 fully saturated rings. The van der Waals surface area contributed by atoms with E-state index in [-0.39, 0.29) is 0 Å². The maximum absolute atomic E-state index is 10.4. The first-order chi connectivity index (χ1) is 6.33. The topological polar surface area (TPSA) is 103 Å². The van der Waals surface area contributed by atoms with Gasteiger partial charge >= 0.3 is 0 Å². The fourth-order valence-corrected chi connectivity index (χ4v) is 1.24. The third kappa shape index (κ3) is 9.71. The van der Waals surface area contributed by atoms with Crippen LogP contribution in [0.3, 0.4) is 0 Å². The van der Waals surface area contributed by atoms with E-state index in [4.69, 9.17) is 0 Å². The molecule has 0 aliphatic heterocycles. The van der Waals surface area contributed by atoms with Crippen molar-refractivity contribution in [1.82, 2.24) is 0 Å². The number of rotatable bonds is 1. The standard InChI is InChI=1S/C7H7IO.H4N2O2S/c1-6-2-4-7(8-9)5-3-6;1-5(2,3)4/h2-5H,1H3;(H4,1,2,3,4). The zero-order chi connectivity index (χ0) is 11.2. The van der Waals surface area contributed by atoms with Crippen molar-refractivity contribution in [3.63, 3.8) is 0 Å². The van der Waals surface area contributed by atoms with Gasteiger partial charge in [-0.2, -0.15) is 8.42 Å². The first-order valence-corrected chi connectivity index (χ1v) is 7.04. The van der Waals surface area contributed by atoms with Crippen LogP contribution in [0.2, 0.25) is 0 Å². The summed E-state index contributed by atoms with van der Waals surface area (Å²) in [4.78, 5) is 0. The minimum Gasteiger partial charge on any atom is -0.265 e. The van der Waals surface area contributed by atoms with E-state index < -0.39 is 31.4 Å². The zero-order valence-electron chi connectivity index (χ0n) is 7.48. The van der Waals surface area contributed by atoms with Crippen LogP contribution in [0.5, 0.6) is 0 Å². The van der Waals surface area contributed by atoms with Crippen molar-refractivity contribution in [1.29, 1.82) is 0 Å². The molecule has 0 saturated heterocycles. The summed E-state index contributed by atoms with van der Waals surface area (Å²) >= 11 is -0.953. The van der Waals surface area contributed by atoms with Gasteiger partial charge in [-0.1, -0.05) is 17.7 Å². The Morgan fingerprint density at radius 2 is 1.50 bits per heavy atom. The summed E-state index contributed by atoms with van der Waals surface area (Å²) in [6.07, 6.45) is 0. The highest BCUT2D eigenvalue weighted by molar-refractivity contribution is 14.1. The molecule has 4 N–H and O–H groups in total. The van der Waals surface area contributed by atoms with Gasteiger partial charge in [-0.15, -0.1) is 0 Å². The number of halogens is 1. The molecule has 1 rings (SSSR count). The summed E-state index contributed by atoms with van der Waals surface area (Å²) in [5.74, 6) is 0. The van der Waals surface area contributed by atoms with Crippen molar-refractivity contribution in [2.75, 3.05) is 0 Å². The lowest BCUT2D eigenvalue weighted by Crippen LogP contribution is -2.21. The molecule has 0 atom stereocenters. The Morgan fingerprint density at radius 3 is 1.79 bits per heavy atom. The quantitative estimate of drug-likeness (QED) is 0.738. The highest BCUT2D eigenvalue weighted by Gasteiger charge is 1.86. The number of benzene rings is 1. The van der Waals surface area contributed by atoms with Gasteiger partial charge in [0.15, 0.2) is 21.2 Å². The third-order valence-corrected chi connectivity index (χ3v) is 2.33. The summed E-state index contributed by atoms with van der Waals surface area (Å²) in [5.41, 5.74) is 1.22. The van der Waals surface area contributed by atoms with Gasteiger partial charge < -0.3 is 0 Å². The monoisotopic (exact) mass is 330 g/mol. The normalized spacial score (nSPS) is 10.2. The average Bonchev–Trinajstić information content (AvgIpc) is 2.03. The lowest BCUT2D eigenvalue weighted by molar-refractivity contribution is 0.599. The Morgan fingerprint density at radius 1 is 1.14 bits per heavy atom. The van der Waals surface area contributed by atoms with E-state index in [0.717, 1.165) is 3.57 Å². The minimum absolute atomic E-state index is 0.953. The summed E-state index contributed by atoms with van der Waals surface area (Å²) < 4.78 is 29.7. The summed E-state index contributed by atoms with van der Waals surface area (Å²) in [5, 5.41) is 8.21. The van der Waals surface area contributed by atoms with Crippen molar-refractivity contribution in [2.24, 2.45) is 10.3 Å². The van der Waals surface area contributed by atoms with Crippen molar-refractivity contribution >= 4 is 31.4 Å². The molecule has 0 unspecified atom stereocenters. The molecule has 0 radical (unpaired) electrons. The second-order valence-electron chi connectivity index (χ2n) is 2.46. The second-order valence-corrected chi connectivity index (χ2v) is 5.33. The molecule has 7 heteroatoms. The summed E-state index contributed by atoms with van der Waals surface area (Å²) in [6.45, 7) is 2.02. The largest absolute Gasteiger partial charge is 0.271 e. The number of nitrogens with two attached hydrogens (primary N) is 2. The van der Waals surface area contributed by atoms with Crippen LogP contribution >= 0.6 is 21.2 Å². The van der Waals surface area contributed by atoms with Crippen molar-refractivity contribution < 1.29 is 11.5 Å². The molecule has 0 amide bonds. The van der Waals surface area contributed by atoms with Crippen LogP contribution in [-0.4, -0.2) is 8.42 Å². The Hall–Kier alpha value is -0.380. The molecule has 0 heterocycles. The number of aryl methyl sites for hydroxylation is 1. The molecule has 0 aliphatic carbocycles. The lowest BCUT2D eigenvalue weighted by Gasteiger charge is -1.88. The molecular weight excluding hydrogens is 319 g/mol. The van der Waals surface area contributed by atoms with Crippen LogP contribution in [0.15, 0.2) is 24.3 Å². The number of hydrogen-bond acceptors (Lipinski definition) is 3. The lowest BCUT2D eigenvalue weighted by atomic mass is 10.2. The second kappa shape index (κ2) is 6.17. The first kappa shape index (κ1) is 13.6. The van der Waals surface area contributed by atoms with Gasteiger partial charge in [-0.3, -0.25) is 3.07 Å². The molecule has 0 spiro atoms. The van der Waals surface area contributed by atoms with E-state index in [9.17, 15) is 11.5 Å². The van der Waals surface area contributed by atoms with Gasteiger partial charge in [0, 0.05) is 3.57 Å². The van der Waals surface area contributed by atoms with Crippen molar-refractivity contribution in [3.05, 3.63) is 33.4 Å². The van der Waals surface area contributed by atoms with Crippen molar-refractivity contribution in [3.8, 4) is 0 Å². The molecular formula is C7H11IN2O3S. The maximum atomic E-state index is 10.4. The molecule has 1 aromatic rings. The zero-order valence-corrected chi connectivity index (χ0v) is 10.4. The van der Waals surface area contributed by atoms with E-state index in [1.165, 1.54) is 5.56 Å². The summed E-state index contributed by atoms with van der Waals surface area (Å²) in [6, 6.07) is 7.78. The highest BCUT2D eigenvalue weighted by Crippen LogP contribution is 2.09.